The monoisotopic (exact) mass is 463 g/mol. The van der Waals surface area contributed by atoms with Gasteiger partial charge in [0.15, 0.2) is 11.5 Å². The predicted octanol–water partition coefficient (Wildman–Crippen LogP) is 6.42. The van der Waals surface area contributed by atoms with Gasteiger partial charge in [0.05, 0.1) is 17.2 Å². The quantitative estimate of drug-likeness (QED) is 0.383. The van der Waals surface area contributed by atoms with Crippen LogP contribution in [0.5, 0.6) is 11.5 Å². The maximum absolute atomic E-state index is 13.2. The Kier molecular flexibility index (Phi) is 7.60. The van der Waals surface area contributed by atoms with Crippen molar-refractivity contribution in [1.82, 2.24) is 0 Å². The SMILES string of the molecule is CCOc1cc(CNc2ccc(C(=O)O)cc2)c(Cl)cc1OCc1ccc(F)cc1Cl. The van der Waals surface area contributed by atoms with E-state index in [1.54, 1.807) is 30.3 Å². The lowest BCUT2D eigenvalue weighted by molar-refractivity contribution is 0.0697. The number of hydrogen-bond donors (Lipinski definition) is 2. The number of halogens is 3. The van der Waals surface area contributed by atoms with Crippen molar-refractivity contribution < 1.29 is 23.8 Å². The molecule has 8 heteroatoms. The molecule has 0 atom stereocenters. The molecule has 3 rings (SSSR count). The van der Waals surface area contributed by atoms with Gasteiger partial charge in [0.2, 0.25) is 0 Å². The van der Waals surface area contributed by atoms with Crippen LogP contribution in [0.1, 0.15) is 28.4 Å². The first-order valence-electron chi connectivity index (χ1n) is 9.46. The number of ether oxygens (including phenoxy) is 2. The second kappa shape index (κ2) is 10.4. The summed E-state index contributed by atoms with van der Waals surface area (Å²) in [4.78, 5) is 11.0. The molecule has 0 saturated carbocycles. The maximum Gasteiger partial charge on any atom is 0.335 e. The Morgan fingerprint density at radius 2 is 1.65 bits per heavy atom. The van der Waals surface area contributed by atoms with E-state index in [0.717, 1.165) is 11.3 Å². The van der Waals surface area contributed by atoms with Crippen LogP contribution in [0.2, 0.25) is 10.0 Å². The summed E-state index contributed by atoms with van der Waals surface area (Å²) in [5.41, 5.74) is 2.38. The van der Waals surface area contributed by atoms with Gasteiger partial charge in [-0.25, -0.2) is 9.18 Å². The highest BCUT2D eigenvalue weighted by atomic mass is 35.5. The number of carboxylic acids is 1. The summed E-state index contributed by atoms with van der Waals surface area (Å²) >= 11 is 12.5. The number of benzene rings is 3. The summed E-state index contributed by atoms with van der Waals surface area (Å²) in [5, 5.41) is 12.9. The molecule has 0 aliphatic heterocycles. The summed E-state index contributed by atoms with van der Waals surface area (Å²) in [6.07, 6.45) is 0. The number of nitrogens with one attached hydrogen (secondary N) is 1. The summed E-state index contributed by atoms with van der Waals surface area (Å²) < 4.78 is 24.8. The molecule has 0 aliphatic carbocycles. The molecule has 0 unspecified atom stereocenters. The van der Waals surface area contributed by atoms with E-state index < -0.39 is 11.8 Å². The lowest BCUT2D eigenvalue weighted by Gasteiger charge is -2.16. The van der Waals surface area contributed by atoms with Gasteiger partial charge in [-0.3, -0.25) is 0 Å². The lowest BCUT2D eigenvalue weighted by Crippen LogP contribution is -2.04. The van der Waals surface area contributed by atoms with Gasteiger partial charge in [-0.15, -0.1) is 0 Å². The molecule has 162 valence electrons. The standard InChI is InChI=1S/C23H20Cl2FNO4/c1-2-30-21-9-16(12-27-18-7-4-14(5-8-18)23(28)29)20(25)11-22(21)31-13-15-3-6-17(26)10-19(15)24/h3-11,27H,2,12-13H2,1H3,(H,28,29). The third-order valence-corrected chi connectivity index (χ3v) is 5.13. The Morgan fingerprint density at radius 3 is 2.29 bits per heavy atom. The molecule has 0 fully saturated rings. The molecular formula is C23H20Cl2FNO4. The molecule has 0 amide bonds. The van der Waals surface area contributed by atoms with Gasteiger partial charge in [0.1, 0.15) is 12.4 Å². The largest absolute Gasteiger partial charge is 0.490 e. The van der Waals surface area contributed by atoms with Crippen LogP contribution in [-0.2, 0) is 13.2 Å². The molecule has 0 aromatic heterocycles. The molecule has 31 heavy (non-hydrogen) atoms. The van der Waals surface area contributed by atoms with E-state index in [-0.39, 0.29) is 17.2 Å². The van der Waals surface area contributed by atoms with Crippen LogP contribution in [0.3, 0.4) is 0 Å². The number of rotatable bonds is 9. The van der Waals surface area contributed by atoms with E-state index in [4.69, 9.17) is 37.8 Å². The first-order chi connectivity index (χ1) is 14.9. The number of hydrogen-bond acceptors (Lipinski definition) is 4. The van der Waals surface area contributed by atoms with Crippen LogP contribution in [0, 0.1) is 5.82 Å². The fraction of sp³-hybridized carbons (Fsp3) is 0.174. The third kappa shape index (κ3) is 6.03. The van der Waals surface area contributed by atoms with Crippen LogP contribution < -0.4 is 14.8 Å². The van der Waals surface area contributed by atoms with Gasteiger partial charge in [0, 0.05) is 28.9 Å². The molecule has 0 bridgehead atoms. The zero-order valence-corrected chi connectivity index (χ0v) is 18.1. The lowest BCUT2D eigenvalue weighted by atomic mass is 10.1. The zero-order chi connectivity index (χ0) is 22.4. The van der Waals surface area contributed by atoms with E-state index in [9.17, 15) is 9.18 Å². The average molecular weight is 464 g/mol. The van der Waals surface area contributed by atoms with Crippen LogP contribution in [0.25, 0.3) is 0 Å². The summed E-state index contributed by atoms with van der Waals surface area (Å²) in [5.74, 6) is -0.431. The smallest absolute Gasteiger partial charge is 0.335 e. The molecule has 3 aromatic carbocycles. The Hall–Kier alpha value is -2.96. The average Bonchev–Trinajstić information content (AvgIpc) is 2.74. The second-order valence-electron chi connectivity index (χ2n) is 6.58. The fourth-order valence-electron chi connectivity index (χ4n) is 2.82. The van der Waals surface area contributed by atoms with Gasteiger partial charge in [-0.2, -0.15) is 0 Å². The zero-order valence-electron chi connectivity index (χ0n) is 16.6. The van der Waals surface area contributed by atoms with Gasteiger partial charge in [-0.1, -0.05) is 29.3 Å². The Bertz CT molecular complexity index is 1070. The highest BCUT2D eigenvalue weighted by Gasteiger charge is 2.13. The van der Waals surface area contributed by atoms with Crippen molar-refractivity contribution in [2.45, 2.75) is 20.1 Å². The van der Waals surface area contributed by atoms with Gasteiger partial charge >= 0.3 is 5.97 Å². The first kappa shape index (κ1) is 22.7. The Morgan fingerprint density at radius 1 is 0.968 bits per heavy atom. The van der Waals surface area contributed by atoms with Crippen molar-refractivity contribution in [3.8, 4) is 11.5 Å². The molecule has 0 spiro atoms. The van der Waals surface area contributed by atoms with Crippen molar-refractivity contribution in [1.29, 1.82) is 0 Å². The molecule has 0 heterocycles. The normalized spacial score (nSPS) is 10.6. The minimum absolute atomic E-state index is 0.128. The predicted molar refractivity (Wildman–Crippen MR) is 119 cm³/mol. The Balaban J connectivity index is 1.73. The van der Waals surface area contributed by atoms with E-state index in [0.29, 0.717) is 35.2 Å². The van der Waals surface area contributed by atoms with E-state index >= 15 is 0 Å². The number of anilines is 1. The molecule has 0 aliphatic rings. The van der Waals surface area contributed by atoms with E-state index in [2.05, 4.69) is 5.32 Å². The number of aromatic carboxylic acids is 1. The van der Waals surface area contributed by atoms with Crippen LogP contribution >= 0.6 is 23.2 Å². The highest BCUT2D eigenvalue weighted by molar-refractivity contribution is 6.31. The van der Waals surface area contributed by atoms with Crippen LogP contribution in [0.15, 0.2) is 54.6 Å². The van der Waals surface area contributed by atoms with Gasteiger partial charge in [0.25, 0.3) is 0 Å². The van der Waals surface area contributed by atoms with Crippen molar-refractivity contribution in [3.05, 3.63) is 87.2 Å². The second-order valence-corrected chi connectivity index (χ2v) is 7.40. The topological polar surface area (TPSA) is 67.8 Å². The molecule has 3 aromatic rings. The molecular weight excluding hydrogens is 444 g/mol. The van der Waals surface area contributed by atoms with Crippen molar-refractivity contribution in [3.63, 3.8) is 0 Å². The minimum atomic E-state index is -0.978. The summed E-state index contributed by atoms with van der Waals surface area (Å²) in [7, 11) is 0. The third-order valence-electron chi connectivity index (χ3n) is 4.43. The molecule has 0 radical (unpaired) electrons. The van der Waals surface area contributed by atoms with Gasteiger partial charge < -0.3 is 19.9 Å². The van der Waals surface area contributed by atoms with Crippen molar-refractivity contribution >= 4 is 34.9 Å². The Labute approximate surface area is 189 Å². The summed E-state index contributed by atoms with van der Waals surface area (Å²) in [6.45, 7) is 2.81. The minimum Gasteiger partial charge on any atom is -0.490 e. The first-order valence-corrected chi connectivity index (χ1v) is 10.2. The molecule has 0 saturated heterocycles. The van der Waals surface area contributed by atoms with E-state index in [1.807, 2.05) is 6.92 Å². The summed E-state index contributed by atoms with van der Waals surface area (Å²) in [6, 6.07) is 14.0. The van der Waals surface area contributed by atoms with Crippen LogP contribution in [-0.4, -0.2) is 17.7 Å². The van der Waals surface area contributed by atoms with Crippen molar-refractivity contribution in [2.24, 2.45) is 0 Å². The van der Waals surface area contributed by atoms with Gasteiger partial charge in [-0.05, 0) is 55.0 Å². The maximum atomic E-state index is 13.2. The highest BCUT2D eigenvalue weighted by Crippen LogP contribution is 2.35. The fourth-order valence-corrected chi connectivity index (χ4v) is 3.26. The van der Waals surface area contributed by atoms with E-state index in [1.165, 1.54) is 24.3 Å². The van der Waals surface area contributed by atoms with Crippen molar-refractivity contribution in [2.75, 3.05) is 11.9 Å². The van der Waals surface area contributed by atoms with Crippen LogP contribution in [0.4, 0.5) is 10.1 Å². The molecule has 5 nitrogen and oxygen atoms in total. The molecule has 2 N–H and O–H groups in total. The number of carbonyl (C=O) groups is 1. The number of carboxylic acid groups (broad SMARTS) is 1.